The lowest BCUT2D eigenvalue weighted by Crippen LogP contribution is -2.24. The van der Waals surface area contributed by atoms with Gasteiger partial charge >= 0.3 is 0 Å². The van der Waals surface area contributed by atoms with Gasteiger partial charge in [-0.2, -0.15) is 5.26 Å². The van der Waals surface area contributed by atoms with Crippen LogP contribution in [0.2, 0.25) is 0 Å². The predicted octanol–water partition coefficient (Wildman–Crippen LogP) is 2.25. The van der Waals surface area contributed by atoms with E-state index in [-0.39, 0.29) is 17.9 Å². The topological polar surface area (TPSA) is 62.1 Å². The molecule has 0 unspecified atom stereocenters. The molecule has 0 radical (unpaired) electrons. The third-order valence-electron chi connectivity index (χ3n) is 2.64. The van der Waals surface area contributed by atoms with Gasteiger partial charge in [0, 0.05) is 0 Å². The van der Waals surface area contributed by atoms with E-state index in [0.29, 0.717) is 11.3 Å². The molecule has 0 aliphatic rings. The minimum Gasteiger partial charge on any atom is -0.496 e. The van der Waals surface area contributed by atoms with Gasteiger partial charge in [-0.05, 0) is 23.1 Å². The summed E-state index contributed by atoms with van der Waals surface area (Å²) in [5, 5.41) is 11.0. The summed E-state index contributed by atoms with van der Waals surface area (Å²) < 4.78 is 5.17. The van der Waals surface area contributed by atoms with Crippen molar-refractivity contribution in [1.82, 2.24) is 5.32 Å². The summed E-state index contributed by atoms with van der Waals surface area (Å²) in [6.07, 6.45) is 0. The van der Waals surface area contributed by atoms with E-state index in [2.05, 4.69) is 26.1 Å². The van der Waals surface area contributed by atoms with Crippen LogP contribution in [-0.4, -0.2) is 19.6 Å². The Morgan fingerprint density at radius 2 is 2.11 bits per heavy atom. The maximum Gasteiger partial charge on any atom is 0.255 e. The van der Waals surface area contributed by atoms with Crippen molar-refractivity contribution in [2.24, 2.45) is 0 Å². The van der Waals surface area contributed by atoms with Crippen molar-refractivity contribution in [1.29, 1.82) is 5.26 Å². The molecule has 1 amide bonds. The zero-order valence-corrected chi connectivity index (χ0v) is 11.2. The van der Waals surface area contributed by atoms with Gasteiger partial charge in [0.2, 0.25) is 0 Å². The zero-order chi connectivity index (χ0) is 13.8. The Kier molecular flexibility index (Phi) is 4.33. The fourth-order valence-electron chi connectivity index (χ4n) is 1.57. The molecule has 0 bridgehead atoms. The number of amides is 1. The predicted molar refractivity (Wildman–Crippen MR) is 69.6 cm³/mol. The first-order valence-electron chi connectivity index (χ1n) is 5.74. The number of nitrogens with one attached hydrogen (secondary N) is 1. The molecule has 0 spiro atoms. The summed E-state index contributed by atoms with van der Waals surface area (Å²) in [6.45, 7) is 6.21. The molecule has 96 valence electrons. The monoisotopic (exact) mass is 246 g/mol. The van der Waals surface area contributed by atoms with Crippen LogP contribution in [-0.2, 0) is 5.41 Å². The molecule has 0 heterocycles. The van der Waals surface area contributed by atoms with E-state index in [0.717, 1.165) is 5.56 Å². The number of rotatable bonds is 3. The van der Waals surface area contributed by atoms with Gasteiger partial charge in [0.15, 0.2) is 0 Å². The number of hydrogen-bond donors (Lipinski definition) is 1. The highest BCUT2D eigenvalue weighted by Crippen LogP contribution is 2.27. The second-order valence-corrected chi connectivity index (χ2v) is 5.01. The Balaban J connectivity index is 3.15. The number of methoxy groups -OCH3 is 1. The molecular formula is C14H18N2O2. The highest BCUT2D eigenvalue weighted by atomic mass is 16.5. The van der Waals surface area contributed by atoms with E-state index in [1.165, 1.54) is 7.11 Å². The lowest BCUT2D eigenvalue weighted by molar-refractivity contribution is 0.0955. The number of nitrogens with zero attached hydrogens (tertiary/aromatic N) is 1. The van der Waals surface area contributed by atoms with Crippen molar-refractivity contribution < 1.29 is 9.53 Å². The largest absolute Gasteiger partial charge is 0.496 e. The molecule has 18 heavy (non-hydrogen) atoms. The number of ether oxygens (including phenoxy) is 1. The molecule has 1 aromatic rings. The highest BCUT2D eigenvalue weighted by Gasteiger charge is 2.18. The summed E-state index contributed by atoms with van der Waals surface area (Å²) in [6, 6.07) is 7.41. The number of nitriles is 1. The summed E-state index contributed by atoms with van der Waals surface area (Å²) in [5.74, 6) is 0.220. The normalized spacial score (nSPS) is 10.6. The molecule has 0 saturated carbocycles. The molecular weight excluding hydrogens is 228 g/mol. The average molecular weight is 246 g/mol. The van der Waals surface area contributed by atoms with E-state index in [9.17, 15) is 4.79 Å². The first-order valence-corrected chi connectivity index (χ1v) is 5.74. The van der Waals surface area contributed by atoms with E-state index in [4.69, 9.17) is 10.00 Å². The van der Waals surface area contributed by atoms with Crippen LogP contribution in [0.15, 0.2) is 18.2 Å². The Morgan fingerprint density at radius 3 is 2.61 bits per heavy atom. The van der Waals surface area contributed by atoms with Crippen LogP contribution in [0.5, 0.6) is 5.75 Å². The molecule has 0 saturated heterocycles. The van der Waals surface area contributed by atoms with E-state index in [1.807, 2.05) is 18.2 Å². The molecule has 4 nitrogen and oxygen atoms in total. The van der Waals surface area contributed by atoms with Gasteiger partial charge in [-0.1, -0.05) is 26.8 Å². The number of benzene rings is 1. The summed E-state index contributed by atoms with van der Waals surface area (Å²) in [4.78, 5) is 11.9. The van der Waals surface area contributed by atoms with Crippen molar-refractivity contribution in [3.05, 3.63) is 29.3 Å². The molecule has 4 heteroatoms. The fraction of sp³-hybridized carbons (Fsp3) is 0.429. The molecule has 1 rings (SSSR count). The molecule has 1 N–H and O–H groups in total. The van der Waals surface area contributed by atoms with Crippen LogP contribution in [0.25, 0.3) is 0 Å². The number of carbonyl (C=O) groups excluding carboxylic acids is 1. The minimum atomic E-state index is -0.292. The van der Waals surface area contributed by atoms with Crippen LogP contribution < -0.4 is 10.1 Å². The second-order valence-electron chi connectivity index (χ2n) is 5.01. The number of hydrogen-bond acceptors (Lipinski definition) is 3. The van der Waals surface area contributed by atoms with Gasteiger partial charge < -0.3 is 10.1 Å². The second kappa shape index (κ2) is 5.54. The highest BCUT2D eigenvalue weighted by molar-refractivity contribution is 5.97. The zero-order valence-electron chi connectivity index (χ0n) is 11.2. The molecule has 1 aromatic carbocycles. The lowest BCUT2D eigenvalue weighted by atomic mass is 9.86. The maximum atomic E-state index is 11.9. The van der Waals surface area contributed by atoms with E-state index >= 15 is 0 Å². The van der Waals surface area contributed by atoms with Crippen LogP contribution in [0, 0.1) is 11.3 Å². The summed E-state index contributed by atoms with van der Waals surface area (Å²) >= 11 is 0. The first-order chi connectivity index (χ1) is 8.40. The van der Waals surface area contributed by atoms with Crippen molar-refractivity contribution in [2.45, 2.75) is 26.2 Å². The quantitative estimate of drug-likeness (QED) is 0.832. The SMILES string of the molecule is COc1ccc(C(C)(C)C)cc1C(=O)NCC#N. The maximum absolute atomic E-state index is 11.9. The molecule has 0 aromatic heterocycles. The lowest BCUT2D eigenvalue weighted by Gasteiger charge is -2.20. The summed E-state index contributed by atoms with van der Waals surface area (Å²) in [5.41, 5.74) is 1.46. The molecule has 0 atom stereocenters. The van der Waals surface area contributed by atoms with Gasteiger partial charge in [-0.3, -0.25) is 4.79 Å². The van der Waals surface area contributed by atoms with Crippen molar-refractivity contribution in [3.63, 3.8) is 0 Å². The minimum absolute atomic E-state index is 0.0122. The standard InChI is InChI=1S/C14H18N2O2/c1-14(2,3)10-5-6-12(18-4)11(9-10)13(17)16-8-7-15/h5-6,9H,8H2,1-4H3,(H,16,17). The first kappa shape index (κ1) is 14.0. The van der Waals surface area contributed by atoms with Crippen molar-refractivity contribution in [3.8, 4) is 11.8 Å². The van der Waals surface area contributed by atoms with Crippen LogP contribution in [0.4, 0.5) is 0 Å². The third kappa shape index (κ3) is 3.24. The Hall–Kier alpha value is -2.02. The van der Waals surface area contributed by atoms with E-state index < -0.39 is 0 Å². The van der Waals surface area contributed by atoms with Crippen molar-refractivity contribution >= 4 is 5.91 Å². The van der Waals surface area contributed by atoms with E-state index in [1.54, 1.807) is 6.07 Å². The smallest absolute Gasteiger partial charge is 0.255 e. The molecule has 0 aliphatic heterocycles. The van der Waals surface area contributed by atoms with Gasteiger partial charge in [-0.15, -0.1) is 0 Å². The molecule has 0 aliphatic carbocycles. The summed E-state index contributed by atoms with van der Waals surface area (Å²) in [7, 11) is 1.52. The van der Waals surface area contributed by atoms with Gasteiger partial charge in [0.1, 0.15) is 12.3 Å². The number of carbonyl (C=O) groups is 1. The van der Waals surface area contributed by atoms with Gasteiger partial charge in [0.25, 0.3) is 5.91 Å². The Morgan fingerprint density at radius 1 is 1.44 bits per heavy atom. The van der Waals surface area contributed by atoms with Gasteiger partial charge in [-0.25, -0.2) is 0 Å². The van der Waals surface area contributed by atoms with Crippen molar-refractivity contribution in [2.75, 3.05) is 13.7 Å². The van der Waals surface area contributed by atoms with Crippen LogP contribution in [0.3, 0.4) is 0 Å². The average Bonchev–Trinajstić information content (AvgIpc) is 2.34. The molecule has 0 fully saturated rings. The van der Waals surface area contributed by atoms with Crippen LogP contribution in [0.1, 0.15) is 36.7 Å². The van der Waals surface area contributed by atoms with Gasteiger partial charge in [0.05, 0.1) is 18.7 Å². The van der Waals surface area contributed by atoms with Crippen LogP contribution >= 0.6 is 0 Å². The fourth-order valence-corrected chi connectivity index (χ4v) is 1.57. The Bertz CT molecular complexity index is 482. The third-order valence-corrected chi connectivity index (χ3v) is 2.64. The Labute approximate surface area is 108 Å².